The second-order valence-electron chi connectivity index (χ2n) is 3.73. The average molecular weight is 212 g/mol. The highest BCUT2D eigenvalue weighted by Gasteiger charge is 2.11. The fourth-order valence-corrected chi connectivity index (χ4v) is 1.74. The SMILES string of the molecule is [B]c1cc(C)cc(F)c1-c1ccccc1O. The number of aryl methyl sites for hydroxylation is 1. The standard InChI is InChI=1S/C13H10BFO/c1-8-6-10(14)13(11(15)7-8)9-4-2-3-5-12(9)16/h2-7,16H,1H3. The molecule has 0 fully saturated rings. The van der Waals surface area contributed by atoms with Crippen molar-refractivity contribution in [3.8, 4) is 16.9 Å². The molecule has 78 valence electrons. The van der Waals surface area contributed by atoms with E-state index in [1.54, 1.807) is 31.2 Å². The molecule has 0 saturated carbocycles. The monoisotopic (exact) mass is 212 g/mol. The number of aromatic hydroxyl groups is 1. The fraction of sp³-hybridized carbons (Fsp3) is 0.0769. The van der Waals surface area contributed by atoms with Crippen molar-refractivity contribution in [2.24, 2.45) is 0 Å². The van der Waals surface area contributed by atoms with E-state index >= 15 is 0 Å². The molecule has 1 nitrogen and oxygen atoms in total. The first kappa shape index (κ1) is 10.7. The van der Waals surface area contributed by atoms with Crippen LogP contribution in [-0.4, -0.2) is 13.0 Å². The second kappa shape index (κ2) is 4.01. The van der Waals surface area contributed by atoms with Gasteiger partial charge in [0.1, 0.15) is 19.4 Å². The first-order chi connectivity index (χ1) is 7.59. The minimum Gasteiger partial charge on any atom is -0.507 e. The molecule has 0 saturated heterocycles. The van der Waals surface area contributed by atoms with Crippen molar-refractivity contribution in [3.05, 3.63) is 47.8 Å². The molecule has 0 aliphatic carbocycles. The number of rotatable bonds is 1. The molecule has 2 aromatic rings. The Hall–Kier alpha value is -1.77. The lowest BCUT2D eigenvalue weighted by atomic mass is 9.85. The summed E-state index contributed by atoms with van der Waals surface area (Å²) < 4.78 is 13.8. The predicted molar refractivity (Wildman–Crippen MR) is 63.6 cm³/mol. The lowest BCUT2D eigenvalue weighted by molar-refractivity contribution is 0.477. The lowest BCUT2D eigenvalue weighted by Gasteiger charge is -2.10. The number of para-hydroxylation sites is 1. The Morgan fingerprint density at radius 3 is 2.50 bits per heavy atom. The molecule has 0 aliphatic heterocycles. The Bertz CT molecular complexity index is 514. The number of hydrogen-bond acceptors (Lipinski definition) is 1. The summed E-state index contributed by atoms with van der Waals surface area (Å²) in [5.74, 6) is -0.393. The van der Waals surface area contributed by atoms with Gasteiger partial charge >= 0.3 is 0 Å². The Morgan fingerprint density at radius 1 is 1.19 bits per heavy atom. The van der Waals surface area contributed by atoms with E-state index in [4.69, 9.17) is 7.85 Å². The van der Waals surface area contributed by atoms with Gasteiger partial charge in [-0.2, -0.15) is 0 Å². The molecular formula is C13H10BFO. The molecule has 1 N–H and O–H groups in total. The molecular weight excluding hydrogens is 202 g/mol. The van der Waals surface area contributed by atoms with E-state index in [0.717, 1.165) is 5.56 Å². The van der Waals surface area contributed by atoms with Crippen LogP contribution in [0.1, 0.15) is 5.56 Å². The van der Waals surface area contributed by atoms with Crippen molar-refractivity contribution >= 4 is 13.3 Å². The quantitative estimate of drug-likeness (QED) is 0.719. The zero-order valence-corrected chi connectivity index (χ0v) is 8.87. The van der Waals surface area contributed by atoms with Crippen LogP contribution in [0, 0.1) is 12.7 Å². The fourth-order valence-electron chi connectivity index (χ4n) is 1.74. The topological polar surface area (TPSA) is 20.2 Å². The second-order valence-corrected chi connectivity index (χ2v) is 3.73. The molecule has 3 heteroatoms. The molecule has 0 aliphatic rings. The van der Waals surface area contributed by atoms with Gasteiger partial charge in [-0.05, 0) is 24.6 Å². The van der Waals surface area contributed by atoms with E-state index in [2.05, 4.69) is 0 Å². The molecule has 16 heavy (non-hydrogen) atoms. The molecule has 0 heterocycles. The third-order valence-electron chi connectivity index (χ3n) is 2.44. The van der Waals surface area contributed by atoms with Crippen molar-refractivity contribution in [1.29, 1.82) is 0 Å². The molecule has 2 rings (SSSR count). The van der Waals surface area contributed by atoms with Crippen LogP contribution in [0.2, 0.25) is 0 Å². The maximum absolute atomic E-state index is 13.8. The van der Waals surface area contributed by atoms with Gasteiger partial charge in [-0.3, -0.25) is 0 Å². The smallest absolute Gasteiger partial charge is 0.130 e. The molecule has 0 amide bonds. The normalized spacial score (nSPS) is 10.4. The van der Waals surface area contributed by atoms with Crippen LogP contribution < -0.4 is 5.46 Å². The molecule has 0 atom stereocenters. The predicted octanol–water partition coefficient (Wildman–Crippen LogP) is 2.30. The van der Waals surface area contributed by atoms with Crippen LogP contribution >= 0.6 is 0 Å². The summed E-state index contributed by atoms with van der Waals surface area (Å²) in [7, 11) is 5.77. The van der Waals surface area contributed by atoms with Gasteiger partial charge < -0.3 is 5.11 Å². The molecule has 0 bridgehead atoms. The van der Waals surface area contributed by atoms with E-state index in [0.29, 0.717) is 11.0 Å². The molecule has 0 spiro atoms. The van der Waals surface area contributed by atoms with Crippen molar-refractivity contribution in [2.45, 2.75) is 6.92 Å². The highest BCUT2D eigenvalue weighted by atomic mass is 19.1. The summed E-state index contributed by atoms with van der Waals surface area (Å²) in [6.45, 7) is 1.77. The summed E-state index contributed by atoms with van der Waals surface area (Å²) in [6, 6.07) is 9.64. The number of halogens is 1. The van der Waals surface area contributed by atoms with Crippen molar-refractivity contribution in [3.63, 3.8) is 0 Å². The Kier molecular flexibility index (Phi) is 2.69. The van der Waals surface area contributed by atoms with Gasteiger partial charge in [-0.1, -0.05) is 29.7 Å². The summed E-state index contributed by atoms with van der Waals surface area (Å²) in [5, 5.41) is 9.66. The molecule has 0 aromatic heterocycles. The van der Waals surface area contributed by atoms with Crippen LogP contribution in [0.15, 0.2) is 36.4 Å². The van der Waals surface area contributed by atoms with Crippen LogP contribution in [0.4, 0.5) is 4.39 Å². The van der Waals surface area contributed by atoms with E-state index in [-0.39, 0.29) is 11.3 Å². The largest absolute Gasteiger partial charge is 0.507 e. The average Bonchev–Trinajstić information content (AvgIpc) is 2.19. The number of benzene rings is 2. The maximum atomic E-state index is 13.8. The molecule has 2 radical (unpaired) electrons. The number of phenols is 1. The maximum Gasteiger partial charge on any atom is 0.130 e. The number of phenolic OH excluding ortho intramolecular Hbond substituents is 1. The van der Waals surface area contributed by atoms with E-state index < -0.39 is 5.82 Å². The summed E-state index contributed by atoms with van der Waals surface area (Å²) in [5.41, 5.74) is 1.76. The van der Waals surface area contributed by atoms with Gasteiger partial charge in [0, 0.05) is 11.1 Å². The van der Waals surface area contributed by atoms with Crippen LogP contribution in [0.3, 0.4) is 0 Å². The van der Waals surface area contributed by atoms with Gasteiger partial charge in [-0.15, -0.1) is 0 Å². The zero-order valence-electron chi connectivity index (χ0n) is 8.87. The highest BCUT2D eigenvalue weighted by Crippen LogP contribution is 2.29. The summed E-state index contributed by atoms with van der Waals surface area (Å²) in [4.78, 5) is 0. The minimum atomic E-state index is -0.418. The van der Waals surface area contributed by atoms with E-state index in [9.17, 15) is 9.50 Å². The Labute approximate surface area is 95.0 Å². The Balaban J connectivity index is 2.70. The first-order valence-corrected chi connectivity index (χ1v) is 4.93. The highest BCUT2D eigenvalue weighted by molar-refractivity contribution is 6.36. The van der Waals surface area contributed by atoms with Crippen LogP contribution in [-0.2, 0) is 0 Å². The zero-order chi connectivity index (χ0) is 11.7. The van der Waals surface area contributed by atoms with E-state index in [1.807, 2.05) is 0 Å². The molecule has 0 unspecified atom stereocenters. The van der Waals surface area contributed by atoms with Crippen LogP contribution in [0.5, 0.6) is 5.75 Å². The first-order valence-electron chi connectivity index (χ1n) is 4.93. The minimum absolute atomic E-state index is 0.0250. The third kappa shape index (κ3) is 1.81. The van der Waals surface area contributed by atoms with Gasteiger partial charge in [0.25, 0.3) is 0 Å². The third-order valence-corrected chi connectivity index (χ3v) is 2.44. The van der Waals surface area contributed by atoms with Crippen LogP contribution in [0.25, 0.3) is 11.1 Å². The summed E-state index contributed by atoms with van der Waals surface area (Å²) >= 11 is 0. The lowest BCUT2D eigenvalue weighted by Crippen LogP contribution is -2.10. The van der Waals surface area contributed by atoms with E-state index in [1.165, 1.54) is 12.1 Å². The van der Waals surface area contributed by atoms with Crippen molar-refractivity contribution in [2.75, 3.05) is 0 Å². The van der Waals surface area contributed by atoms with Crippen molar-refractivity contribution < 1.29 is 9.50 Å². The van der Waals surface area contributed by atoms with Gasteiger partial charge in [0.2, 0.25) is 0 Å². The summed E-state index contributed by atoms with van der Waals surface area (Å²) in [6.07, 6.45) is 0. The Morgan fingerprint density at radius 2 is 1.88 bits per heavy atom. The molecule has 2 aromatic carbocycles. The van der Waals surface area contributed by atoms with Gasteiger partial charge in [0.15, 0.2) is 0 Å². The van der Waals surface area contributed by atoms with Gasteiger partial charge in [-0.25, -0.2) is 4.39 Å². The van der Waals surface area contributed by atoms with Gasteiger partial charge in [0.05, 0.1) is 0 Å². The number of hydrogen-bond donors (Lipinski definition) is 1. The van der Waals surface area contributed by atoms with Crippen molar-refractivity contribution in [1.82, 2.24) is 0 Å².